The molecule has 3 heteroatoms. The summed E-state index contributed by atoms with van der Waals surface area (Å²) in [4.78, 5) is 13.2. The summed E-state index contributed by atoms with van der Waals surface area (Å²) in [5, 5.41) is 0. The number of carbonyl (C=O) groups excluding carboxylic acids is 1. The van der Waals surface area contributed by atoms with Crippen LogP contribution in [-0.2, 0) is 11.2 Å². The van der Waals surface area contributed by atoms with Gasteiger partial charge >= 0.3 is 0 Å². The number of anilines is 1. The SMILES string of the molecule is CCc1ccc(N(CC)C(=O)CCl)cc1. The van der Waals surface area contributed by atoms with Gasteiger partial charge in [0.1, 0.15) is 5.88 Å². The number of aryl methyl sites for hydroxylation is 1. The Labute approximate surface area is 95.8 Å². The zero-order valence-electron chi connectivity index (χ0n) is 9.16. The van der Waals surface area contributed by atoms with Gasteiger partial charge in [-0.1, -0.05) is 19.1 Å². The average Bonchev–Trinajstić information content (AvgIpc) is 2.30. The summed E-state index contributed by atoms with van der Waals surface area (Å²) in [5.74, 6) is -0.0213. The molecule has 0 aliphatic heterocycles. The van der Waals surface area contributed by atoms with Crippen molar-refractivity contribution in [2.45, 2.75) is 20.3 Å². The number of hydrogen-bond acceptors (Lipinski definition) is 1. The molecule has 1 aromatic carbocycles. The molecular weight excluding hydrogens is 210 g/mol. The van der Waals surface area contributed by atoms with Crippen molar-refractivity contribution in [3.63, 3.8) is 0 Å². The van der Waals surface area contributed by atoms with Gasteiger partial charge in [-0.15, -0.1) is 11.6 Å². The molecular formula is C12H16ClNO. The van der Waals surface area contributed by atoms with Gasteiger partial charge in [-0.2, -0.15) is 0 Å². The molecule has 0 bridgehead atoms. The second kappa shape index (κ2) is 5.76. The summed E-state index contributed by atoms with van der Waals surface area (Å²) in [6, 6.07) is 8.01. The van der Waals surface area contributed by atoms with Crippen LogP contribution < -0.4 is 4.90 Å². The molecule has 0 aliphatic carbocycles. The van der Waals surface area contributed by atoms with Gasteiger partial charge in [0.2, 0.25) is 5.91 Å². The highest BCUT2D eigenvalue weighted by molar-refractivity contribution is 6.29. The monoisotopic (exact) mass is 225 g/mol. The van der Waals surface area contributed by atoms with Gasteiger partial charge in [0.25, 0.3) is 0 Å². The Bertz CT molecular complexity index is 321. The van der Waals surface area contributed by atoms with Crippen LogP contribution in [0.2, 0.25) is 0 Å². The maximum atomic E-state index is 11.5. The molecule has 15 heavy (non-hydrogen) atoms. The van der Waals surface area contributed by atoms with Crippen LogP contribution in [0.25, 0.3) is 0 Å². The molecule has 2 nitrogen and oxygen atoms in total. The number of nitrogens with zero attached hydrogens (tertiary/aromatic N) is 1. The molecule has 0 saturated heterocycles. The first-order valence-corrected chi connectivity index (χ1v) is 5.71. The van der Waals surface area contributed by atoms with Crippen molar-refractivity contribution in [1.29, 1.82) is 0 Å². The largest absolute Gasteiger partial charge is 0.312 e. The van der Waals surface area contributed by atoms with Crippen molar-refractivity contribution in [2.75, 3.05) is 17.3 Å². The van der Waals surface area contributed by atoms with Gasteiger partial charge in [-0.05, 0) is 31.0 Å². The smallest absolute Gasteiger partial charge is 0.241 e. The number of rotatable bonds is 4. The lowest BCUT2D eigenvalue weighted by Gasteiger charge is -2.20. The van der Waals surface area contributed by atoms with Gasteiger partial charge < -0.3 is 4.90 Å². The molecule has 82 valence electrons. The van der Waals surface area contributed by atoms with Gasteiger partial charge in [0.15, 0.2) is 0 Å². The summed E-state index contributed by atoms with van der Waals surface area (Å²) >= 11 is 5.54. The van der Waals surface area contributed by atoms with Crippen LogP contribution in [0.4, 0.5) is 5.69 Å². The first kappa shape index (κ1) is 12.1. The van der Waals surface area contributed by atoms with Gasteiger partial charge in [0.05, 0.1) is 0 Å². The topological polar surface area (TPSA) is 20.3 Å². The first-order valence-electron chi connectivity index (χ1n) is 5.18. The van der Waals surface area contributed by atoms with Crippen LogP contribution in [0.1, 0.15) is 19.4 Å². The van der Waals surface area contributed by atoms with E-state index in [0.29, 0.717) is 6.54 Å². The number of hydrogen-bond donors (Lipinski definition) is 0. The van der Waals surface area contributed by atoms with E-state index >= 15 is 0 Å². The fraction of sp³-hybridized carbons (Fsp3) is 0.417. The Hall–Kier alpha value is -1.02. The Morgan fingerprint density at radius 1 is 1.27 bits per heavy atom. The van der Waals surface area contributed by atoms with E-state index in [1.807, 2.05) is 31.2 Å². The minimum atomic E-state index is -0.0524. The molecule has 0 fully saturated rings. The normalized spacial score (nSPS) is 10.1. The fourth-order valence-corrected chi connectivity index (χ4v) is 1.63. The number of amides is 1. The third-order valence-corrected chi connectivity index (χ3v) is 2.62. The Kier molecular flexibility index (Phi) is 4.63. The van der Waals surface area contributed by atoms with Crippen LogP contribution in [-0.4, -0.2) is 18.3 Å². The molecule has 0 spiro atoms. The van der Waals surface area contributed by atoms with Crippen molar-refractivity contribution < 1.29 is 4.79 Å². The summed E-state index contributed by atoms with van der Waals surface area (Å²) in [6.07, 6.45) is 1.01. The Morgan fingerprint density at radius 3 is 2.27 bits per heavy atom. The second-order valence-corrected chi connectivity index (χ2v) is 3.56. The van der Waals surface area contributed by atoms with Crippen molar-refractivity contribution in [3.8, 4) is 0 Å². The molecule has 0 atom stereocenters. The van der Waals surface area contributed by atoms with E-state index in [1.165, 1.54) is 5.56 Å². The molecule has 1 amide bonds. The summed E-state index contributed by atoms with van der Waals surface area (Å²) < 4.78 is 0. The summed E-state index contributed by atoms with van der Waals surface area (Å²) in [6.45, 7) is 4.70. The van der Waals surface area contributed by atoms with Crippen LogP contribution in [0, 0.1) is 0 Å². The molecule has 0 radical (unpaired) electrons. The van der Waals surface area contributed by atoms with Crippen LogP contribution in [0.5, 0.6) is 0 Å². The van der Waals surface area contributed by atoms with Gasteiger partial charge in [-0.25, -0.2) is 0 Å². The number of halogens is 1. The molecule has 0 heterocycles. The average molecular weight is 226 g/mol. The lowest BCUT2D eigenvalue weighted by atomic mass is 10.1. The lowest BCUT2D eigenvalue weighted by Crippen LogP contribution is -2.31. The molecule has 0 unspecified atom stereocenters. The highest BCUT2D eigenvalue weighted by atomic mass is 35.5. The number of alkyl halides is 1. The van der Waals surface area contributed by atoms with E-state index in [1.54, 1.807) is 4.90 Å². The fourth-order valence-electron chi connectivity index (χ4n) is 1.49. The van der Waals surface area contributed by atoms with Crippen molar-refractivity contribution in [3.05, 3.63) is 29.8 Å². The summed E-state index contributed by atoms with van der Waals surface area (Å²) in [7, 11) is 0. The quantitative estimate of drug-likeness (QED) is 0.722. The molecule has 0 aromatic heterocycles. The van der Waals surface area contributed by atoms with Crippen molar-refractivity contribution in [1.82, 2.24) is 0 Å². The predicted octanol–water partition coefficient (Wildman–Crippen LogP) is 2.84. The van der Waals surface area contributed by atoms with Gasteiger partial charge in [0, 0.05) is 12.2 Å². The Balaban J connectivity index is 2.87. The lowest BCUT2D eigenvalue weighted by molar-refractivity contribution is -0.116. The highest BCUT2D eigenvalue weighted by Crippen LogP contribution is 2.15. The zero-order valence-corrected chi connectivity index (χ0v) is 9.92. The zero-order chi connectivity index (χ0) is 11.3. The molecule has 0 N–H and O–H groups in total. The van der Waals surface area contributed by atoms with Crippen LogP contribution >= 0.6 is 11.6 Å². The minimum absolute atomic E-state index is 0.0311. The van der Waals surface area contributed by atoms with Crippen molar-refractivity contribution >= 4 is 23.2 Å². The predicted molar refractivity (Wildman–Crippen MR) is 64.6 cm³/mol. The number of benzene rings is 1. The van der Waals surface area contributed by atoms with E-state index in [0.717, 1.165) is 12.1 Å². The molecule has 0 saturated carbocycles. The molecule has 1 aromatic rings. The minimum Gasteiger partial charge on any atom is -0.312 e. The number of carbonyl (C=O) groups is 1. The maximum absolute atomic E-state index is 11.5. The third kappa shape index (κ3) is 2.96. The summed E-state index contributed by atoms with van der Waals surface area (Å²) in [5.41, 5.74) is 2.19. The second-order valence-electron chi connectivity index (χ2n) is 3.29. The highest BCUT2D eigenvalue weighted by Gasteiger charge is 2.11. The van der Waals surface area contributed by atoms with E-state index in [4.69, 9.17) is 11.6 Å². The van der Waals surface area contributed by atoms with Crippen LogP contribution in [0.15, 0.2) is 24.3 Å². The molecule has 1 rings (SSSR count). The maximum Gasteiger partial charge on any atom is 0.241 e. The van der Waals surface area contributed by atoms with E-state index in [-0.39, 0.29) is 11.8 Å². The first-order chi connectivity index (χ1) is 7.22. The molecule has 0 aliphatic rings. The van der Waals surface area contributed by atoms with Gasteiger partial charge in [-0.3, -0.25) is 4.79 Å². The Morgan fingerprint density at radius 2 is 1.87 bits per heavy atom. The standard InChI is InChI=1S/C12H16ClNO/c1-3-10-5-7-11(8-6-10)14(4-2)12(15)9-13/h5-8H,3-4,9H2,1-2H3. The van der Waals surface area contributed by atoms with E-state index in [2.05, 4.69) is 6.92 Å². The van der Waals surface area contributed by atoms with E-state index in [9.17, 15) is 4.79 Å². The third-order valence-electron chi connectivity index (χ3n) is 2.39. The van der Waals surface area contributed by atoms with Crippen LogP contribution in [0.3, 0.4) is 0 Å². The van der Waals surface area contributed by atoms with E-state index < -0.39 is 0 Å². The van der Waals surface area contributed by atoms with Crippen molar-refractivity contribution in [2.24, 2.45) is 0 Å².